The molecule has 2 aromatic rings. The van der Waals surface area contributed by atoms with E-state index in [2.05, 4.69) is 23.8 Å². The molecule has 120 valence electrons. The third-order valence-electron chi connectivity index (χ3n) is 3.56. The van der Waals surface area contributed by atoms with E-state index in [1.165, 1.54) is 0 Å². The van der Waals surface area contributed by atoms with Crippen molar-refractivity contribution in [2.75, 3.05) is 6.61 Å². The fraction of sp³-hybridized carbons (Fsp3) is 0.529. The number of nitrogens with zero attached hydrogens (tertiary/aromatic N) is 1. The number of nitrogens with one attached hydrogen (secondary N) is 1. The summed E-state index contributed by atoms with van der Waals surface area (Å²) >= 11 is 0. The summed E-state index contributed by atoms with van der Waals surface area (Å²) in [5.41, 5.74) is 2.00. The first-order valence-electron chi connectivity index (χ1n) is 8.04. The van der Waals surface area contributed by atoms with E-state index in [1.54, 1.807) is 12.4 Å². The molecule has 0 fully saturated rings. The number of pyridine rings is 1. The first-order chi connectivity index (χ1) is 10.8. The van der Waals surface area contributed by atoms with E-state index >= 15 is 0 Å². The number of unbranched alkanes of at least 4 members (excludes halogenated alkanes) is 3. The molecule has 0 bridgehead atoms. The number of hydrogen-bond acceptors (Lipinski definition) is 4. The van der Waals surface area contributed by atoms with Crippen LogP contribution in [0.4, 0.5) is 4.79 Å². The summed E-state index contributed by atoms with van der Waals surface area (Å²) < 4.78 is 10.5. The third-order valence-corrected chi connectivity index (χ3v) is 3.56. The Bertz CT molecular complexity index is 607. The number of aromatic amines is 1. The summed E-state index contributed by atoms with van der Waals surface area (Å²) in [6, 6.07) is 0. The largest absolute Gasteiger partial charge is 0.513 e. The lowest BCUT2D eigenvalue weighted by atomic mass is 10.1. The van der Waals surface area contributed by atoms with Gasteiger partial charge in [0.2, 0.25) is 0 Å². The van der Waals surface area contributed by atoms with Crippen LogP contribution in [0.5, 0.6) is 5.75 Å². The molecule has 0 unspecified atom stereocenters. The number of fused-ring (bicyclic) bond motifs is 1. The molecule has 1 N–H and O–H groups in total. The molecule has 0 aromatic carbocycles. The average molecular weight is 304 g/mol. The van der Waals surface area contributed by atoms with E-state index in [0.717, 1.165) is 55.0 Å². The number of hydrogen-bond donors (Lipinski definition) is 1. The normalized spacial score (nSPS) is 10.8. The van der Waals surface area contributed by atoms with E-state index in [0.29, 0.717) is 12.4 Å². The van der Waals surface area contributed by atoms with Crippen molar-refractivity contribution in [2.24, 2.45) is 0 Å². The number of H-pyrrole nitrogens is 1. The molecule has 0 spiro atoms. The smallest absolute Gasteiger partial charge is 0.434 e. The summed E-state index contributed by atoms with van der Waals surface area (Å²) in [4.78, 5) is 19.1. The van der Waals surface area contributed by atoms with Gasteiger partial charge in [-0.2, -0.15) is 0 Å². The Morgan fingerprint density at radius 3 is 2.82 bits per heavy atom. The predicted octanol–water partition coefficient (Wildman–Crippen LogP) is 4.61. The maximum absolute atomic E-state index is 11.8. The molecule has 0 aliphatic heterocycles. The van der Waals surface area contributed by atoms with E-state index < -0.39 is 6.16 Å². The van der Waals surface area contributed by atoms with E-state index in [-0.39, 0.29) is 0 Å². The number of ether oxygens (including phenoxy) is 2. The third kappa shape index (κ3) is 4.23. The lowest BCUT2D eigenvalue weighted by Crippen LogP contribution is -2.12. The highest BCUT2D eigenvalue weighted by atomic mass is 16.7. The van der Waals surface area contributed by atoms with Crippen molar-refractivity contribution in [3.63, 3.8) is 0 Å². The average Bonchev–Trinajstić information content (AvgIpc) is 2.92. The Hall–Kier alpha value is -2.04. The molecule has 0 aliphatic rings. The standard InChI is InChI=1S/C17H24N2O3/c1-3-5-6-7-9-21-17(20)22-15-12-18-11-14-16(15)13(8-4-2)10-19-14/h10-12,19H,3-9H2,1-2H3. The van der Waals surface area contributed by atoms with Gasteiger partial charge in [0.05, 0.1) is 24.5 Å². The van der Waals surface area contributed by atoms with Gasteiger partial charge in [-0.3, -0.25) is 4.98 Å². The highest BCUT2D eigenvalue weighted by Crippen LogP contribution is 2.28. The topological polar surface area (TPSA) is 64.2 Å². The molecule has 2 heterocycles. The number of aromatic nitrogens is 2. The van der Waals surface area contributed by atoms with E-state index in [1.807, 2.05) is 6.20 Å². The van der Waals surface area contributed by atoms with Gasteiger partial charge in [0.25, 0.3) is 0 Å². The molecule has 0 radical (unpaired) electrons. The van der Waals surface area contributed by atoms with Gasteiger partial charge in [0, 0.05) is 11.6 Å². The Kier molecular flexibility index (Phi) is 6.25. The second-order valence-electron chi connectivity index (χ2n) is 5.39. The van der Waals surface area contributed by atoms with Crippen LogP contribution < -0.4 is 4.74 Å². The Labute approximate surface area is 131 Å². The maximum Gasteiger partial charge on any atom is 0.513 e. The lowest BCUT2D eigenvalue weighted by molar-refractivity contribution is 0.0977. The van der Waals surface area contributed by atoms with Gasteiger partial charge in [-0.15, -0.1) is 0 Å². The van der Waals surface area contributed by atoms with Gasteiger partial charge in [0.1, 0.15) is 0 Å². The van der Waals surface area contributed by atoms with Crippen LogP contribution in [0, 0.1) is 0 Å². The predicted molar refractivity (Wildman–Crippen MR) is 86.2 cm³/mol. The lowest BCUT2D eigenvalue weighted by Gasteiger charge is -2.07. The summed E-state index contributed by atoms with van der Waals surface area (Å²) in [5, 5.41) is 0.916. The fourth-order valence-electron chi connectivity index (χ4n) is 2.47. The van der Waals surface area contributed by atoms with Crippen LogP contribution in [0.15, 0.2) is 18.6 Å². The molecule has 22 heavy (non-hydrogen) atoms. The van der Waals surface area contributed by atoms with Crippen molar-refractivity contribution in [3.8, 4) is 5.75 Å². The van der Waals surface area contributed by atoms with Crippen molar-refractivity contribution in [1.29, 1.82) is 0 Å². The number of carbonyl (C=O) groups excluding carboxylic acids is 1. The van der Waals surface area contributed by atoms with Gasteiger partial charge in [0.15, 0.2) is 5.75 Å². The van der Waals surface area contributed by atoms with Crippen molar-refractivity contribution in [1.82, 2.24) is 9.97 Å². The van der Waals surface area contributed by atoms with Crippen LogP contribution in [0.25, 0.3) is 10.9 Å². The molecule has 2 rings (SSSR count). The minimum Gasteiger partial charge on any atom is -0.434 e. The van der Waals surface area contributed by atoms with Crippen LogP contribution in [0.1, 0.15) is 51.5 Å². The highest BCUT2D eigenvalue weighted by Gasteiger charge is 2.14. The first kappa shape index (κ1) is 16.3. The van der Waals surface area contributed by atoms with Gasteiger partial charge < -0.3 is 14.5 Å². The number of rotatable bonds is 8. The second-order valence-corrected chi connectivity index (χ2v) is 5.39. The zero-order valence-corrected chi connectivity index (χ0v) is 13.4. The molecule has 0 atom stereocenters. The summed E-state index contributed by atoms with van der Waals surface area (Å²) in [6.45, 7) is 4.66. The molecule has 0 aliphatic carbocycles. The summed E-state index contributed by atoms with van der Waals surface area (Å²) in [6.07, 6.45) is 10.8. The van der Waals surface area contributed by atoms with Gasteiger partial charge >= 0.3 is 6.16 Å². The second kappa shape index (κ2) is 8.41. The summed E-state index contributed by atoms with van der Waals surface area (Å²) in [5.74, 6) is 0.459. The van der Waals surface area contributed by atoms with Crippen LogP contribution in [0.2, 0.25) is 0 Å². The SMILES string of the molecule is CCCCCCOC(=O)Oc1cncc2[nH]cc(CCC)c12. The molecule has 0 saturated carbocycles. The van der Waals surface area contributed by atoms with Gasteiger partial charge in [-0.05, 0) is 18.4 Å². The molecule has 0 saturated heterocycles. The Balaban J connectivity index is 1.98. The molecular formula is C17H24N2O3. The van der Waals surface area contributed by atoms with E-state index in [9.17, 15) is 4.79 Å². The van der Waals surface area contributed by atoms with Crippen molar-refractivity contribution >= 4 is 17.1 Å². The minimum absolute atomic E-state index is 0.400. The molecule has 0 amide bonds. The van der Waals surface area contributed by atoms with Crippen molar-refractivity contribution in [2.45, 2.75) is 52.4 Å². The number of aryl methyl sites for hydroxylation is 1. The van der Waals surface area contributed by atoms with E-state index in [4.69, 9.17) is 9.47 Å². The van der Waals surface area contributed by atoms with Crippen molar-refractivity contribution in [3.05, 3.63) is 24.2 Å². The van der Waals surface area contributed by atoms with Gasteiger partial charge in [-0.25, -0.2) is 4.79 Å². The fourth-order valence-corrected chi connectivity index (χ4v) is 2.47. The monoisotopic (exact) mass is 304 g/mol. The molecular weight excluding hydrogens is 280 g/mol. The maximum atomic E-state index is 11.8. The van der Waals surface area contributed by atoms with Crippen LogP contribution in [0.3, 0.4) is 0 Å². The zero-order valence-electron chi connectivity index (χ0n) is 13.4. The quantitative estimate of drug-likeness (QED) is 0.571. The highest BCUT2D eigenvalue weighted by molar-refractivity contribution is 5.89. The van der Waals surface area contributed by atoms with Gasteiger partial charge in [-0.1, -0.05) is 39.5 Å². The van der Waals surface area contributed by atoms with Crippen LogP contribution in [-0.4, -0.2) is 22.7 Å². The number of carbonyl (C=O) groups is 1. The van der Waals surface area contributed by atoms with Crippen LogP contribution in [-0.2, 0) is 11.2 Å². The minimum atomic E-state index is -0.658. The molecule has 5 heteroatoms. The zero-order chi connectivity index (χ0) is 15.8. The first-order valence-corrected chi connectivity index (χ1v) is 8.04. The molecule has 5 nitrogen and oxygen atoms in total. The summed E-state index contributed by atoms with van der Waals surface area (Å²) in [7, 11) is 0. The van der Waals surface area contributed by atoms with Crippen LogP contribution >= 0.6 is 0 Å². The molecule has 2 aromatic heterocycles. The Morgan fingerprint density at radius 1 is 1.18 bits per heavy atom. The Morgan fingerprint density at radius 2 is 2.05 bits per heavy atom. The van der Waals surface area contributed by atoms with Crippen molar-refractivity contribution < 1.29 is 14.3 Å².